The van der Waals surface area contributed by atoms with Crippen molar-refractivity contribution in [1.29, 1.82) is 5.26 Å². The number of carbonyl (C=O) groups is 4. The van der Waals surface area contributed by atoms with E-state index in [1.54, 1.807) is 48.5 Å². The molecule has 4 aromatic rings. The van der Waals surface area contributed by atoms with Crippen molar-refractivity contribution in [3.8, 4) is 17.3 Å². The normalized spacial score (nSPS) is 10.0. The van der Waals surface area contributed by atoms with E-state index in [0.717, 1.165) is 17.7 Å². The third kappa shape index (κ3) is 10.9. The lowest BCUT2D eigenvalue weighted by molar-refractivity contribution is -0.140. The van der Waals surface area contributed by atoms with Crippen LogP contribution >= 0.6 is 11.8 Å². The summed E-state index contributed by atoms with van der Waals surface area (Å²) >= 11 is 1.34. The van der Waals surface area contributed by atoms with Gasteiger partial charge in [-0.3, -0.25) is 24.2 Å². The molecule has 0 bridgehead atoms. The van der Waals surface area contributed by atoms with Crippen molar-refractivity contribution in [3.05, 3.63) is 89.2 Å². The Morgan fingerprint density at radius 3 is 2.07 bits per heavy atom. The number of aldehydes is 1. The average molecular weight is 626 g/mol. The van der Waals surface area contributed by atoms with Crippen LogP contribution in [0.25, 0.3) is 11.3 Å². The van der Waals surface area contributed by atoms with Crippen molar-refractivity contribution in [2.75, 3.05) is 23.5 Å². The summed E-state index contributed by atoms with van der Waals surface area (Å²) in [6, 6.07) is 21.3. The zero-order chi connectivity index (χ0) is 32.8. The molecule has 0 aliphatic heterocycles. The molecule has 0 saturated carbocycles. The number of aromatic nitrogens is 3. The number of carbonyl (C=O) groups excluding carboxylic acids is 4. The van der Waals surface area contributed by atoms with Crippen LogP contribution in [-0.4, -0.2) is 46.1 Å². The van der Waals surface area contributed by atoms with Crippen molar-refractivity contribution in [2.45, 2.75) is 37.6 Å². The fourth-order valence-corrected chi connectivity index (χ4v) is 4.58. The Bertz CT molecular complexity index is 1700. The molecule has 0 saturated heterocycles. The topological polar surface area (TPSA) is 190 Å². The molecular weight excluding hydrogens is 594 g/mol. The molecule has 4 N–H and O–H groups in total. The van der Waals surface area contributed by atoms with E-state index < -0.39 is 0 Å². The Labute approximate surface area is 264 Å². The van der Waals surface area contributed by atoms with Gasteiger partial charge in [-0.05, 0) is 48.5 Å². The number of nitriles is 1. The molecule has 0 spiro atoms. The summed E-state index contributed by atoms with van der Waals surface area (Å²) in [5.41, 5.74) is 10.9. The molecule has 13 heteroatoms. The maximum Gasteiger partial charge on any atom is 0.305 e. The van der Waals surface area contributed by atoms with E-state index in [1.165, 1.54) is 32.7 Å². The second kappa shape index (κ2) is 16.9. The minimum Gasteiger partial charge on any atom is -0.469 e. The summed E-state index contributed by atoms with van der Waals surface area (Å²) in [6.07, 6.45) is 1.51. The van der Waals surface area contributed by atoms with Gasteiger partial charge in [-0.1, -0.05) is 30.0 Å². The standard InChI is InChI=1S/C23H22N6O3S.C9H9NO2/c1-14(30)26-17-8-6-15(7-9-17)21-19(12-24)22(25)29-23(28-21)33-13-18-5-3-4-16(27-18)10-11-20(31)32-2;1-7(12)10-9-4-2-8(6-11)3-5-9/h3-9H,10-11,13H2,1-2H3,(H,26,30)(H2,25,28,29);2-6H,1H3,(H,10,12). The number of amides is 2. The molecule has 0 radical (unpaired) electrons. The zero-order valence-corrected chi connectivity index (χ0v) is 25.7. The molecule has 0 fully saturated rings. The maximum absolute atomic E-state index is 11.4. The number of hydrogen-bond acceptors (Lipinski definition) is 11. The van der Waals surface area contributed by atoms with Crippen LogP contribution in [-0.2, 0) is 31.3 Å². The smallest absolute Gasteiger partial charge is 0.305 e. The van der Waals surface area contributed by atoms with E-state index >= 15 is 0 Å². The molecule has 0 aliphatic rings. The number of anilines is 3. The number of nitrogens with zero attached hydrogens (tertiary/aromatic N) is 4. The highest BCUT2D eigenvalue weighted by molar-refractivity contribution is 7.98. The highest BCUT2D eigenvalue weighted by Gasteiger charge is 2.15. The van der Waals surface area contributed by atoms with E-state index in [9.17, 15) is 24.4 Å². The molecule has 4 rings (SSSR count). The first-order valence-corrected chi connectivity index (χ1v) is 14.5. The number of ether oxygens (including phenoxy) is 1. The molecule has 45 heavy (non-hydrogen) atoms. The Morgan fingerprint density at radius 2 is 1.51 bits per heavy atom. The number of methoxy groups -OCH3 is 1. The molecule has 2 aromatic heterocycles. The first-order valence-electron chi connectivity index (χ1n) is 13.5. The van der Waals surface area contributed by atoms with E-state index in [2.05, 4.69) is 36.4 Å². The number of hydrogen-bond donors (Lipinski definition) is 3. The lowest BCUT2D eigenvalue weighted by Gasteiger charge is -2.10. The maximum atomic E-state index is 11.4. The summed E-state index contributed by atoms with van der Waals surface area (Å²) < 4.78 is 4.67. The van der Waals surface area contributed by atoms with Gasteiger partial charge in [0, 0.05) is 54.2 Å². The van der Waals surface area contributed by atoms with Crippen LogP contribution < -0.4 is 16.4 Å². The molecule has 2 aromatic carbocycles. The minimum atomic E-state index is -0.282. The Hall–Kier alpha value is -5.61. The molecular formula is C32H31N7O5S. The molecule has 2 amide bonds. The molecule has 2 heterocycles. The van der Waals surface area contributed by atoms with E-state index in [0.29, 0.717) is 45.5 Å². The summed E-state index contributed by atoms with van der Waals surface area (Å²) in [5.74, 6) is 0.00634. The number of nitrogens with one attached hydrogen (secondary N) is 2. The molecule has 12 nitrogen and oxygen atoms in total. The number of nitrogens with two attached hydrogens (primary N) is 1. The number of pyridine rings is 1. The van der Waals surface area contributed by atoms with Gasteiger partial charge in [-0.25, -0.2) is 9.97 Å². The minimum absolute atomic E-state index is 0.0933. The highest BCUT2D eigenvalue weighted by atomic mass is 32.2. The molecule has 0 atom stereocenters. The average Bonchev–Trinajstić information content (AvgIpc) is 3.03. The van der Waals surface area contributed by atoms with Crippen LogP contribution in [0.5, 0.6) is 0 Å². The van der Waals surface area contributed by atoms with Gasteiger partial charge in [0.25, 0.3) is 0 Å². The predicted molar refractivity (Wildman–Crippen MR) is 171 cm³/mol. The van der Waals surface area contributed by atoms with Gasteiger partial charge in [0.15, 0.2) is 5.16 Å². The van der Waals surface area contributed by atoms with Crippen molar-refractivity contribution < 1.29 is 23.9 Å². The largest absolute Gasteiger partial charge is 0.469 e. The van der Waals surface area contributed by atoms with Crippen LogP contribution in [0.1, 0.15) is 47.6 Å². The van der Waals surface area contributed by atoms with E-state index in [1.807, 2.05) is 18.2 Å². The van der Waals surface area contributed by atoms with Crippen molar-refractivity contribution >= 4 is 53.0 Å². The van der Waals surface area contributed by atoms with Crippen molar-refractivity contribution in [3.63, 3.8) is 0 Å². The van der Waals surface area contributed by atoms with E-state index in [-0.39, 0.29) is 35.6 Å². The van der Waals surface area contributed by atoms with Gasteiger partial charge in [0.1, 0.15) is 23.7 Å². The van der Waals surface area contributed by atoms with E-state index in [4.69, 9.17) is 5.73 Å². The lowest BCUT2D eigenvalue weighted by atomic mass is 10.1. The van der Waals surface area contributed by atoms with Gasteiger partial charge < -0.3 is 21.1 Å². The van der Waals surface area contributed by atoms with Gasteiger partial charge in [0.2, 0.25) is 11.8 Å². The monoisotopic (exact) mass is 625 g/mol. The molecule has 230 valence electrons. The second-order valence-corrected chi connectivity index (χ2v) is 10.3. The number of nitrogen functional groups attached to an aromatic ring is 1. The fraction of sp³-hybridized carbons (Fsp3) is 0.188. The van der Waals surface area contributed by atoms with Crippen molar-refractivity contribution in [2.24, 2.45) is 0 Å². The third-order valence-corrected chi connectivity index (χ3v) is 6.78. The number of aryl methyl sites for hydroxylation is 1. The molecule has 0 aliphatic carbocycles. The Morgan fingerprint density at radius 1 is 0.911 bits per heavy atom. The molecule has 0 unspecified atom stereocenters. The van der Waals surface area contributed by atoms with Gasteiger partial charge in [0.05, 0.1) is 24.9 Å². The summed E-state index contributed by atoms with van der Waals surface area (Å²) in [5, 5.41) is 15.3. The highest BCUT2D eigenvalue weighted by Crippen LogP contribution is 2.29. The number of thioether (sulfide) groups is 1. The first-order chi connectivity index (χ1) is 21.6. The number of esters is 1. The number of benzene rings is 2. The predicted octanol–water partition coefficient (Wildman–Crippen LogP) is 4.81. The zero-order valence-electron chi connectivity index (χ0n) is 24.9. The van der Waals surface area contributed by atoms with Crippen molar-refractivity contribution in [1.82, 2.24) is 15.0 Å². The summed E-state index contributed by atoms with van der Waals surface area (Å²) in [7, 11) is 1.36. The number of rotatable bonds is 10. The van der Waals surface area contributed by atoms with Crippen LogP contribution in [0.15, 0.2) is 71.9 Å². The van der Waals surface area contributed by atoms with Crippen LogP contribution in [0.2, 0.25) is 0 Å². The third-order valence-electron chi connectivity index (χ3n) is 5.90. The summed E-state index contributed by atoms with van der Waals surface area (Å²) in [4.78, 5) is 56.8. The SMILES string of the molecule is CC(=O)Nc1ccc(C=O)cc1.COC(=O)CCc1cccc(CSc2nc(N)c(C#N)c(-c3ccc(NC(C)=O)cc3)n2)n1. The Balaban J connectivity index is 0.000000385. The first kappa shape index (κ1) is 33.9. The van der Waals surface area contributed by atoms with Gasteiger partial charge >= 0.3 is 5.97 Å². The lowest BCUT2D eigenvalue weighted by Crippen LogP contribution is -2.06. The second-order valence-electron chi connectivity index (χ2n) is 9.39. The van der Waals surface area contributed by atoms with Crippen LogP contribution in [0, 0.1) is 11.3 Å². The van der Waals surface area contributed by atoms with Crippen LogP contribution in [0.3, 0.4) is 0 Å². The quantitative estimate of drug-likeness (QED) is 0.0949. The Kier molecular flexibility index (Phi) is 12.7. The van der Waals surface area contributed by atoms with Crippen LogP contribution in [0.4, 0.5) is 17.2 Å². The van der Waals surface area contributed by atoms with Gasteiger partial charge in [-0.2, -0.15) is 5.26 Å². The fourth-order valence-electron chi connectivity index (χ4n) is 3.82. The summed E-state index contributed by atoms with van der Waals surface area (Å²) in [6.45, 7) is 2.87. The van der Waals surface area contributed by atoms with Gasteiger partial charge in [-0.15, -0.1) is 0 Å².